The van der Waals surface area contributed by atoms with Gasteiger partial charge in [0.25, 0.3) is 0 Å². The lowest BCUT2D eigenvalue weighted by Gasteiger charge is -2.12. The highest BCUT2D eigenvalue weighted by molar-refractivity contribution is 8.76. The predicted octanol–water partition coefficient (Wildman–Crippen LogP) is 3.63. The molecule has 0 unspecified atom stereocenters. The first kappa shape index (κ1) is 13.5. The Balaban J connectivity index is 2.40. The van der Waals surface area contributed by atoms with Gasteiger partial charge in [0.05, 0.1) is 5.56 Å². The van der Waals surface area contributed by atoms with E-state index in [1.807, 2.05) is 24.5 Å². The van der Waals surface area contributed by atoms with Crippen molar-refractivity contribution in [3.63, 3.8) is 0 Å². The summed E-state index contributed by atoms with van der Waals surface area (Å²) in [6, 6.07) is 9.10. The van der Waals surface area contributed by atoms with Gasteiger partial charge in [-0.15, -0.1) is 0 Å². The molecule has 1 rings (SSSR count). The van der Waals surface area contributed by atoms with Crippen LogP contribution >= 0.6 is 21.6 Å². The van der Waals surface area contributed by atoms with Crippen molar-refractivity contribution in [2.75, 3.05) is 12.9 Å². The summed E-state index contributed by atoms with van der Waals surface area (Å²) in [4.78, 5) is 11.6. The van der Waals surface area contributed by atoms with Crippen molar-refractivity contribution in [3.05, 3.63) is 35.9 Å². The van der Waals surface area contributed by atoms with E-state index in [0.717, 1.165) is 6.42 Å². The van der Waals surface area contributed by atoms with Crippen LogP contribution in [0.4, 0.5) is 0 Å². The summed E-state index contributed by atoms with van der Waals surface area (Å²) in [5, 5.41) is 0.377. The summed E-state index contributed by atoms with van der Waals surface area (Å²) in [5.41, 5.74) is 0.617. The van der Waals surface area contributed by atoms with E-state index >= 15 is 0 Å². The molecule has 1 aromatic rings. The van der Waals surface area contributed by atoms with E-state index in [2.05, 4.69) is 6.92 Å². The third-order valence-corrected chi connectivity index (χ3v) is 4.43. The van der Waals surface area contributed by atoms with E-state index in [1.54, 1.807) is 33.7 Å². The first-order valence-electron chi connectivity index (χ1n) is 5.19. The summed E-state index contributed by atoms with van der Waals surface area (Å²) in [5.74, 6) is -0.235. The summed E-state index contributed by atoms with van der Waals surface area (Å²) in [6.45, 7) is 2.58. The molecule has 0 radical (unpaired) electrons. The maximum Gasteiger partial charge on any atom is 0.338 e. The molecule has 2 nitrogen and oxygen atoms in total. The molecule has 4 heteroatoms. The van der Waals surface area contributed by atoms with Crippen LogP contribution in [0.5, 0.6) is 0 Å². The van der Waals surface area contributed by atoms with Crippen LogP contribution in [0.2, 0.25) is 0 Å². The minimum absolute atomic E-state index is 0.235. The number of benzene rings is 1. The fourth-order valence-electron chi connectivity index (χ4n) is 1.18. The summed E-state index contributed by atoms with van der Waals surface area (Å²) >= 11 is 0. The largest absolute Gasteiger partial charge is 0.461 e. The van der Waals surface area contributed by atoms with Gasteiger partial charge in [0, 0.05) is 5.25 Å². The summed E-state index contributed by atoms with van der Waals surface area (Å²) in [6.07, 6.45) is 3.04. The Morgan fingerprint density at radius 3 is 2.62 bits per heavy atom. The van der Waals surface area contributed by atoms with Crippen molar-refractivity contribution >= 4 is 27.6 Å². The molecule has 0 aliphatic carbocycles. The highest BCUT2D eigenvalue weighted by Crippen LogP contribution is 2.26. The van der Waals surface area contributed by atoms with E-state index in [4.69, 9.17) is 4.74 Å². The van der Waals surface area contributed by atoms with Gasteiger partial charge in [-0.1, -0.05) is 46.7 Å². The minimum atomic E-state index is -0.235. The fourth-order valence-corrected chi connectivity index (χ4v) is 3.10. The molecule has 0 spiro atoms. The van der Waals surface area contributed by atoms with E-state index < -0.39 is 0 Å². The van der Waals surface area contributed by atoms with Gasteiger partial charge in [0.1, 0.15) is 6.61 Å². The normalized spacial score (nSPS) is 12.1. The Labute approximate surface area is 105 Å². The van der Waals surface area contributed by atoms with Gasteiger partial charge in [-0.2, -0.15) is 0 Å². The van der Waals surface area contributed by atoms with Crippen LogP contribution in [0.25, 0.3) is 0 Å². The molecule has 1 atom stereocenters. The number of hydrogen-bond donors (Lipinski definition) is 0. The Kier molecular flexibility index (Phi) is 6.42. The van der Waals surface area contributed by atoms with Crippen molar-refractivity contribution in [3.8, 4) is 0 Å². The van der Waals surface area contributed by atoms with Gasteiger partial charge in [0.2, 0.25) is 0 Å². The number of ether oxygens (including phenoxy) is 1. The first-order valence-corrected chi connectivity index (χ1v) is 7.81. The molecule has 1 aromatic carbocycles. The predicted molar refractivity (Wildman–Crippen MR) is 71.9 cm³/mol. The number of carbonyl (C=O) groups excluding carboxylic acids is 1. The highest BCUT2D eigenvalue weighted by atomic mass is 33.1. The van der Waals surface area contributed by atoms with Crippen molar-refractivity contribution in [1.82, 2.24) is 0 Å². The molecule has 0 saturated heterocycles. The smallest absolute Gasteiger partial charge is 0.338 e. The summed E-state index contributed by atoms with van der Waals surface area (Å²) < 4.78 is 5.26. The quantitative estimate of drug-likeness (QED) is 0.573. The van der Waals surface area contributed by atoms with E-state index in [9.17, 15) is 4.79 Å². The van der Waals surface area contributed by atoms with Crippen LogP contribution in [0, 0.1) is 0 Å². The Hall–Kier alpha value is -0.610. The SMILES string of the molecule is CC[C@H](COC(=O)c1ccccc1)SSC. The van der Waals surface area contributed by atoms with Crippen molar-refractivity contribution in [1.29, 1.82) is 0 Å². The zero-order valence-corrected chi connectivity index (χ0v) is 11.1. The summed E-state index contributed by atoms with van der Waals surface area (Å²) in [7, 11) is 3.46. The van der Waals surface area contributed by atoms with Gasteiger partial charge in [-0.05, 0) is 24.8 Å². The first-order chi connectivity index (χ1) is 7.77. The molecular formula is C12H16O2S2. The lowest BCUT2D eigenvalue weighted by Crippen LogP contribution is -2.14. The number of carbonyl (C=O) groups is 1. The number of esters is 1. The van der Waals surface area contributed by atoms with Gasteiger partial charge in [-0.25, -0.2) is 4.79 Å². The maximum absolute atomic E-state index is 11.6. The molecule has 0 aromatic heterocycles. The molecular weight excluding hydrogens is 240 g/mol. The highest BCUT2D eigenvalue weighted by Gasteiger charge is 2.11. The number of hydrogen-bond acceptors (Lipinski definition) is 4. The average molecular weight is 256 g/mol. The monoisotopic (exact) mass is 256 g/mol. The molecule has 16 heavy (non-hydrogen) atoms. The maximum atomic E-state index is 11.6. The number of rotatable bonds is 6. The van der Waals surface area contributed by atoms with Crippen LogP contribution in [-0.4, -0.2) is 24.1 Å². The Bertz CT molecular complexity index is 314. The lowest BCUT2D eigenvalue weighted by molar-refractivity contribution is 0.0506. The van der Waals surface area contributed by atoms with E-state index in [-0.39, 0.29) is 5.97 Å². The van der Waals surface area contributed by atoms with Crippen molar-refractivity contribution in [2.45, 2.75) is 18.6 Å². The molecule has 0 amide bonds. The van der Waals surface area contributed by atoms with Crippen molar-refractivity contribution in [2.24, 2.45) is 0 Å². The average Bonchev–Trinajstić information content (AvgIpc) is 2.35. The van der Waals surface area contributed by atoms with Crippen molar-refractivity contribution < 1.29 is 9.53 Å². The zero-order chi connectivity index (χ0) is 11.8. The van der Waals surface area contributed by atoms with Crippen LogP contribution in [0.3, 0.4) is 0 Å². The molecule has 0 heterocycles. The fraction of sp³-hybridized carbons (Fsp3) is 0.417. The molecule has 88 valence electrons. The second kappa shape index (κ2) is 7.63. The molecule has 0 bridgehead atoms. The van der Waals surface area contributed by atoms with E-state index in [0.29, 0.717) is 17.4 Å². The van der Waals surface area contributed by atoms with Crippen LogP contribution < -0.4 is 0 Å². The third kappa shape index (κ3) is 4.49. The van der Waals surface area contributed by atoms with Gasteiger partial charge in [-0.3, -0.25) is 0 Å². The van der Waals surface area contributed by atoms with E-state index in [1.165, 1.54) is 0 Å². The topological polar surface area (TPSA) is 26.3 Å². The lowest BCUT2D eigenvalue weighted by atomic mass is 10.2. The molecule has 0 aliphatic rings. The standard InChI is InChI=1S/C12H16O2S2/c1-3-11(16-15-2)9-14-12(13)10-7-5-4-6-8-10/h4-8,11H,3,9H2,1-2H3/t11-/m1/s1. The van der Waals surface area contributed by atoms with Crippen LogP contribution in [-0.2, 0) is 4.74 Å². The molecule has 0 saturated carbocycles. The Morgan fingerprint density at radius 2 is 2.06 bits per heavy atom. The van der Waals surface area contributed by atoms with Gasteiger partial charge < -0.3 is 4.74 Å². The van der Waals surface area contributed by atoms with Gasteiger partial charge in [0.15, 0.2) is 0 Å². The second-order valence-electron chi connectivity index (χ2n) is 3.26. The third-order valence-electron chi connectivity index (χ3n) is 2.10. The molecule has 0 N–H and O–H groups in total. The molecule has 0 fully saturated rings. The second-order valence-corrected chi connectivity index (χ2v) is 6.03. The zero-order valence-electron chi connectivity index (χ0n) is 9.51. The minimum Gasteiger partial charge on any atom is -0.461 e. The Morgan fingerprint density at radius 1 is 1.38 bits per heavy atom. The van der Waals surface area contributed by atoms with Crippen LogP contribution in [0.1, 0.15) is 23.7 Å². The molecule has 0 aliphatic heterocycles. The van der Waals surface area contributed by atoms with Gasteiger partial charge >= 0.3 is 5.97 Å². The van der Waals surface area contributed by atoms with Crippen LogP contribution in [0.15, 0.2) is 30.3 Å².